The molecule has 0 bridgehead atoms. The summed E-state index contributed by atoms with van der Waals surface area (Å²) in [5.41, 5.74) is -0.462. The Labute approximate surface area is 156 Å². The van der Waals surface area contributed by atoms with E-state index in [1.54, 1.807) is 17.0 Å². The van der Waals surface area contributed by atoms with Crippen molar-refractivity contribution in [2.45, 2.75) is 51.7 Å². The third-order valence-electron chi connectivity index (χ3n) is 4.49. The Morgan fingerprint density at radius 1 is 1.23 bits per heavy atom. The van der Waals surface area contributed by atoms with E-state index in [1.165, 1.54) is 12.1 Å². The van der Waals surface area contributed by atoms with Gasteiger partial charge in [-0.1, -0.05) is 0 Å². The van der Waals surface area contributed by atoms with Crippen LogP contribution in [0.2, 0.25) is 0 Å². The molecule has 6 heteroatoms. The van der Waals surface area contributed by atoms with E-state index in [-0.39, 0.29) is 18.0 Å². The van der Waals surface area contributed by atoms with Gasteiger partial charge in [0.05, 0.1) is 6.61 Å². The van der Waals surface area contributed by atoms with E-state index >= 15 is 0 Å². The lowest BCUT2D eigenvalue weighted by Crippen LogP contribution is -2.47. The van der Waals surface area contributed by atoms with Gasteiger partial charge >= 0.3 is 6.09 Å². The standard InChI is InChI=1S/C20H31FN2O3/c1-20(2,3)26-19(24)22(4)17-10-13-23(14-11-17)12-5-15-25-18-8-6-16(21)7-9-18/h6-9,17H,5,10-15H2,1-4H3. The number of carbonyl (C=O) groups is 1. The van der Waals surface area contributed by atoms with Gasteiger partial charge in [-0.15, -0.1) is 0 Å². The van der Waals surface area contributed by atoms with Crippen LogP contribution in [0.1, 0.15) is 40.0 Å². The minimum Gasteiger partial charge on any atom is -0.494 e. The Morgan fingerprint density at radius 2 is 1.85 bits per heavy atom. The van der Waals surface area contributed by atoms with E-state index < -0.39 is 5.60 Å². The van der Waals surface area contributed by atoms with Gasteiger partial charge in [0.1, 0.15) is 17.2 Å². The molecule has 1 aromatic carbocycles. The molecule has 2 rings (SSSR count). The molecular weight excluding hydrogens is 335 g/mol. The summed E-state index contributed by atoms with van der Waals surface area (Å²) >= 11 is 0. The molecule has 1 aliphatic heterocycles. The highest BCUT2D eigenvalue weighted by Gasteiger charge is 2.28. The molecule has 1 amide bonds. The maximum Gasteiger partial charge on any atom is 0.410 e. The summed E-state index contributed by atoms with van der Waals surface area (Å²) in [6.45, 7) is 9.16. The second-order valence-corrected chi connectivity index (χ2v) is 7.82. The summed E-state index contributed by atoms with van der Waals surface area (Å²) in [5.74, 6) is 0.445. The van der Waals surface area contributed by atoms with Gasteiger partial charge in [0, 0.05) is 32.7 Å². The molecule has 1 saturated heterocycles. The smallest absolute Gasteiger partial charge is 0.410 e. The highest BCUT2D eigenvalue weighted by atomic mass is 19.1. The van der Waals surface area contributed by atoms with Gasteiger partial charge in [0.2, 0.25) is 0 Å². The molecule has 0 spiro atoms. The van der Waals surface area contributed by atoms with Crippen molar-refractivity contribution in [3.8, 4) is 5.75 Å². The zero-order valence-corrected chi connectivity index (χ0v) is 16.3. The van der Waals surface area contributed by atoms with E-state index in [0.717, 1.165) is 38.9 Å². The first-order valence-corrected chi connectivity index (χ1v) is 9.31. The third-order valence-corrected chi connectivity index (χ3v) is 4.49. The molecule has 0 radical (unpaired) electrons. The first-order valence-electron chi connectivity index (χ1n) is 9.31. The molecule has 5 nitrogen and oxygen atoms in total. The minimum atomic E-state index is -0.462. The molecule has 0 aromatic heterocycles. The lowest BCUT2D eigenvalue weighted by molar-refractivity contribution is 0.0151. The molecule has 1 aromatic rings. The molecule has 26 heavy (non-hydrogen) atoms. The van der Waals surface area contributed by atoms with Crippen molar-refractivity contribution in [3.63, 3.8) is 0 Å². The Balaban J connectivity index is 1.63. The van der Waals surface area contributed by atoms with E-state index in [2.05, 4.69) is 4.90 Å². The maximum absolute atomic E-state index is 12.8. The van der Waals surface area contributed by atoms with Crippen LogP contribution in [0.5, 0.6) is 5.75 Å². The normalized spacial score (nSPS) is 16.3. The number of halogens is 1. The number of benzene rings is 1. The number of hydrogen-bond donors (Lipinski definition) is 0. The fourth-order valence-electron chi connectivity index (χ4n) is 3.02. The monoisotopic (exact) mass is 366 g/mol. The Hall–Kier alpha value is -1.82. The van der Waals surface area contributed by atoms with Crippen molar-refractivity contribution in [1.82, 2.24) is 9.80 Å². The van der Waals surface area contributed by atoms with E-state index in [9.17, 15) is 9.18 Å². The lowest BCUT2D eigenvalue weighted by atomic mass is 10.0. The van der Waals surface area contributed by atoms with Crippen molar-refractivity contribution in [2.24, 2.45) is 0 Å². The molecule has 0 aliphatic carbocycles. The van der Waals surface area contributed by atoms with Gasteiger partial charge in [-0.25, -0.2) is 9.18 Å². The summed E-state index contributed by atoms with van der Waals surface area (Å²) in [6, 6.07) is 6.33. The van der Waals surface area contributed by atoms with Gasteiger partial charge in [0.15, 0.2) is 0 Å². The topological polar surface area (TPSA) is 42.0 Å². The molecule has 0 atom stereocenters. The molecule has 0 N–H and O–H groups in total. The number of piperidine rings is 1. The third kappa shape index (κ3) is 6.83. The molecule has 1 fully saturated rings. The molecule has 1 aliphatic rings. The highest BCUT2D eigenvalue weighted by Crippen LogP contribution is 2.19. The quantitative estimate of drug-likeness (QED) is 0.716. The number of rotatable bonds is 6. The predicted octanol–water partition coefficient (Wildman–Crippen LogP) is 3.93. The number of nitrogens with zero attached hydrogens (tertiary/aromatic N) is 2. The average molecular weight is 366 g/mol. The molecule has 0 saturated carbocycles. The van der Waals surface area contributed by atoms with Crippen molar-refractivity contribution in [3.05, 3.63) is 30.1 Å². The number of ether oxygens (including phenoxy) is 2. The lowest BCUT2D eigenvalue weighted by Gasteiger charge is -2.37. The first-order chi connectivity index (χ1) is 12.2. The Kier molecular flexibility index (Phi) is 7.26. The van der Waals surface area contributed by atoms with E-state index in [1.807, 2.05) is 27.8 Å². The summed E-state index contributed by atoms with van der Waals surface area (Å²) in [6.07, 6.45) is 2.58. The fraction of sp³-hybridized carbons (Fsp3) is 0.650. The molecular formula is C20H31FN2O3. The zero-order valence-electron chi connectivity index (χ0n) is 16.3. The van der Waals surface area contributed by atoms with Crippen molar-refractivity contribution >= 4 is 6.09 Å². The average Bonchev–Trinajstić information content (AvgIpc) is 2.59. The van der Waals surface area contributed by atoms with Crippen LogP contribution in [0.25, 0.3) is 0 Å². The summed E-state index contributed by atoms with van der Waals surface area (Å²) in [5, 5.41) is 0. The van der Waals surface area contributed by atoms with Gasteiger partial charge in [-0.05, 0) is 64.3 Å². The Bertz CT molecular complexity index is 563. The first kappa shape index (κ1) is 20.5. The zero-order chi connectivity index (χ0) is 19.2. The summed E-state index contributed by atoms with van der Waals surface area (Å²) in [4.78, 5) is 16.3. The second-order valence-electron chi connectivity index (χ2n) is 7.82. The number of amides is 1. The predicted molar refractivity (Wildman–Crippen MR) is 100.0 cm³/mol. The number of hydrogen-bond acceptors (Lipinski definition) is 4. The highest BCUT2D eigenvalue weighted by molar-refractivity contribution is 5.68. The van der Waals surface area contributed by atoms with Crippen LogP contribution in [0.3, 0.4) is 0 Å². The SMILES string of the molecule is CN(C(=O)OC(C)(C)C)C1CCN(CCCOc2ccc(F)cc2)CC1. The fourth-order valence-corrected chi connectivity index (χ4v) is 3.02. The molecule has 1 heterocycles. The van der Waals surface area contributed by atoms with Gasteiger partial charge in [-0.2, -0.15) is 0 Å². The summed E-state index contributed by atoms with van der Waals surface area (Å²) < 4.78 is 23.9. The largest absolute Gasteiger partial charge is 0.494 e. The summed E-state index contributed by atoms with van der Waals surface area (Å²) in [7, 11) is 1.82. The van der Waals surface area contributed by atoms with Crippen LogP contribution in [-0.4, -0.2) is 60.8 Å². The van der Waals surface area contributed by atoms with Crippen molar-refractivity contribution in [1.29, 1.82) is 0 Å². The van der Waals surface area contributed by atoms with Gasteiger partial charge < -0.3 is 19.3 Å². The van der Waals surface area contributed by atoms with Crippen LogP contribution in [0, 0.1) is 5.82 Å². The van der Waals surface area contributed by atoms with Crippen molar-refractivity contribution < 1.29 is 18.7 Å². The number of carbonyl (C=O) groups excluding carboxylic acids is 1. The Morgan fingerprint density at radius 3 is 2.42 bits per heavy atom. The van der Waals surface area contributed by atoms with E-state index in [4.69, 9.17) is 9.47 Å². The van der Waals surface area contributed by atoms with E-state index in [0.29, 0.717) is 12.4 Å². The minimum absolute atomic E-state index is 0.233. The maximum atomic E-state index is 12.8. The van der Waals surface area contributed by atoms with Gasteiger partial charge in [-0.3, -0.25) is 0 Å². The molecule has 0 unspecified atom stereocenters. The number of likely N-dealkylation sites (tertiary alicyclic amines) is 1. The molecule has 146 valence electrons. The van der Waals surface area contributed by atoms with Crippen molar-refractivity contribution in [2.75, 3.05) is 33.3 Å². The van der Waals surface area contributed by atoms with Crippen LogP contribution in [0.15, 0.2) is 24.3 Å². The van der Waals surface area contributed by atoms with Gasteiger partial charge in [0.25, 0.3) is 0 Å². The van der Waals surface area contributed by atoms with Crippen LogP contribution < -0.4 is 4.74 Å². The van der Waals surface area contributed by atoms with Crippen LogP contribution >= 0.6 is 0 Å². The second kappa shape index (κ2) is 9.21. The van der Waals surface area contributed by atoms with Crippen LogP contribution in [0.4, 0.5) is 9.18 Å². The van der Waals surface area contributed by atoms with Crippen LogP contribution in [-0.2, 0) is 4.74 Å².